The summed E-state index contributed by atoms with van der Waals surface area (Å²) >= 11 is 0. The minimum atomic E-state index is -0.984. The van der Waals surface area contributed by atoms with Crippen molar-refractivity contribution in [2.75, 3.05) is 0 Å². The standard InChI is InChI=1S/C14H10O4/c15-13(16)10-3-1-2-8-9-5-4-7(6-11(8)10)12(9)14(17)18/h1-3,6H,4-5H2,(H,15,16)(H,17,18). The summed E-state index contributed by atoms with van der Waals surface area (Å²) in [5.74, 6) is -1.91. The number of rotatable bonds is 2. The van der Waals surface area contributed by atoms with Gasteiger partial charge in [0.25, 0.3) is 0 Å². The fourth-order valence-electron chi connectivity index (χ4n) is 2.73. The van der Waals surface area contributed by atoms with Crippen molar-refractivity contribution in [1.82, 2.24) is 0 Å². The van der Waals surface area contributed by atoms with Gasteiger partial charge >= 0.3 is 11.9 Å². The van der Waals surface area contributed by atoms with E-state index < -0.39 is 11.9 Å². The molecule has 3 rings (SSSR count). The fraction of sp³-hybridized carbons (Fsp3) is 0.143. The zero-order valence-corrected chi connectivity index (χ0v) is 9.43. The second-order valence-electron chi connectivity index (χ2n) is 4.40. The van der Waals surface area contributed by atoms with Crippen LogP contribution < -0.4 is 0 Å². The van der Waals surface area contributed by atoms with Crippen molar-refractivity contribution in [2.45, 2.75) is 12.8 Å². The fourth-order valence-corrected chi connectivity index (χ4v) is 2.73. The highest BCUT2D eigenvalue weighted by Crippen LogP contribution is 2.34. The van der Waals surface area contributed by atoms with E-state index in [2.05, 4.69) is 0 Å². The molecule has 90 valence electrons. The van der Waals surface area contributed by atoms with Gasteiger partial charge in [0, 0.05) is 0 Å². The van der Waals surface area contributed by atoms with Crippen LogP contribution in [-0.4, -0.2) is 22.2 Å². The Morgan fingerprint density at radius 2 is 1.78 bits per heavy atom. The molecule has 0 aliphatic heterocycles. The van der Waals surface area contributed by atoms with Crippen LogP contribution in [0.2, 0.25) is 0 Å². The van der Waals surface area contributed by atoms with E-state index in [4.69, 9.17) is 5.11 Å². The summed E-state index contributed by atoms with van der Waals surface area (Å²) in [4.78, 5) is 22.4. The van der Waals surface area contributed by atoms with Crippen molar-refractivity contribution in [3.8, 4) is 0 Å². The van der Waals surface area contributed by atoms with E-state index in [1.807, 2.05) is 0 Å². The van der Waals surface area contributed by atoms with Crippen LogP contribution in [0.15, 0.2) is 24.3 Å². The molecule has 0 aromatic heterocycles. The molecule has 0 amide bonds. The van der Waals surface area contributed by atoms with Crippen LogP contribution in [0.4, 0.5) is 0 Å². The van der Waals surface area contributed by atoms with E-state index in [0.29, 0.717) is 23.8 Å². The largest absolute Gasteiger partial charge is 0.478 e. The predicted octanol–water partition coefficient (Wildman–Crippen LogP) is 2.33. The SMILES string of the molecule is O=C(O)c1c2cc3c(C(=O)O)cccc3c1CC2. The van der Waals surface area contributed by atoms with Crippen molar-refractivity contribution in [1.29, 1.82) is 0 Å². The molecule has 0 fully saturated rings. The molecule has 0 spiro atoms. The van der Waals surface area contributed by atoms with Crippen LogP contribution in [-0.2, 0) is 12.8 Å². The van der Waals surface area contributed by atoms with Gasteiger partial charge in [-0.1, -0.05) is 12.1 Å². The van der Waals surface area contributed by atoms with E-state index in [0.717, 1.165) is 16.5 Å². The Morgan fingerprint density at radius 3 is 2.44 bits per heavy atom. The lowest BCUT2D eigenvalue weighted by Gasteiger charge is -2.08. The summed E-state index contributed by atoms with van der Waals surface area (Å²) in [6, 6.07) is 6.70. The van der Waals surface area contributed by atoms with Gasteiger partial charge < -0.3 is 10.2 Å². The van der Waals surface area contributed by atoms with Crippen molar-refractivity contribution in [2.24, 2.45) is 0 Å². The molecule has 1 aliphatic carbocycles. The summed E-state index contributed by atoms with van der Waals surface area (Å²) < 4.78 is 0. The molecule has 0 radical (unpaired) electrons. The number of carboxylic acid groups (broad SMARTS) is 2. The zero-order chi connectivity index (χ0) is 12.9. The Bertz CT molecular complexity index is 700. The van der Waals surface area contributed by atoms with Gasteiger partial charge in [-0.3, -0.25) is 0 Å². The first-order valence-electron chi connectivity index (χ1n) is 5.63. The van der Waals surface area contributed by atoms with Gasteiger partial charge in [-0.05, 0) is 46.9 Å². The average Bonchev–Trinajstić information content (AvgIpc) is 2.65. The molecule has 4 heteroatoms. The van der Waals surface area contributed by atoms with Crippen molar-refractivity contribution < 1.29 is 19.8 Å². The average molecular weight is 242 g/mol. The van der Waals surface area contributed by atoms with E-state index in [-0.39, 0.29) is 5.56 Å². The lowest BCUT2D eigenvalue weighted by Crippen LogP contribution is -2.03. The number of carboxylic acids is 2. The second-order valence-corrected chi connectivity index (χ2v) is 4.40. The molecular weight excluding hydrogens is 232 g/mol. The number of benzene rings is 2. The quantitative estimate of drug-likeness (QED) is 0.847. The van der Waals surface area contributed by atoms with Gasteiger partial charge in [-0.25, -0.2) is 9.59 Å². The van der Waals surface area contributed by atoms with Gasteiger partial charge in [-0.2, -0.15) is 0 Å². The predicted molar refractivity (Wildman–Crippen MR) is 65.3 cm³/mol. The topological polar surface area (TPSA) is 74.6 Å². The van der Waals surface area contributed by atoms with Crippen molar-refractivity contribution in [3.05, 3.63) is 46.5 Å². The third kappa shape index (κ3) is 1.32. The Hall–Kier alpha value is -2.36. The molecular formula is C14H10O4. The van der Waals surface area contributed by atoms with Crippen LogP contribution in [0, 0.1) is 0 Å². The Kier molecular flexibility index (Phi) is 2.13. The number of hydrogen-bond acceptors (Lipinski definition) is 2. The molecule has 18 heavy (non-hydrogen) atoms. The number of carbonyl (C=O) groups is 2. The number of aromatic carboxylic acids is 2. The third-order valence-electron chi connectivity index (χ3n) is 3.46. The molecule has 0 unspecified atom stereocenters. The van der Waals surface area contributed by atoms with Crippen LogP contribution >= 0.6 is 0 Å². The molecule has 0 heterocycles. The highest BCUT2D eigenvalue weighted by molar-refractivity contribution is 6.08. The van der Waals surface area contributed by atoms with Gasteiger partial charge in [0.1, 0.15) is 0 Å². The number of fused-ring (bicyclic) bond motifs is 4. The van der Waals surface area contributed by atoms with Crippen LogP contribution in [0.1, 0.15) is 31.8 Å². The highest BCUT2D eigenvalue weighted by atomic mass is 16.4. The van der Waals surface area contributed by atoms with Crippen LogP contribution in [0.5, 0.6) is 0 Å². The first-order chi connectivity index (χ1) is 8.59. The molecule has 0 atom stereocenters. The summed E-state index contributed by atoms with van der Waals surface area (Å²) in [7, 11) is 0. The molecule has 2 aromatic carbocycles. The normalized spacial score (nSPS) is 12.9. The molecule has 0 saturated carbocycles. The summed E-state index contributed by atoms with van der Waals surface area (Å²) in [6.45, 7) is 0. The third-order valence-corrected chi connectivity index (χ3v) is 3.46. The second kappa shape index (κ2) is 3.57. The van der Waals surface area contributed by atoms with E-state index in [1.54, 1.807) is 24.3 Å². The molecule has 0 saturated heterocycles. The Balaban J connectivity index is 2.44. The van der Waals surface area contributed by atoms with E-state index in [9.17, 15) is 14.7 Å². The minimum Gasteiger partial charge on any atom is -0.478 e. The minimum absolute atomic E-state index is 0.230. The summed E-state index contributed by atoms with van der Waals surface area (Å²) in [5.41, 5.74) is 2.08. The Labute approximate surface area is 102 Å². The highest BCUT2D eigenvalue weighted by Gasteiger charge is 2.25. The smallest absolute Gasteiger partial charge is 0.336 e. The zero-order valence-electron chi connectivity index (χ0n) is 9.43. The van der Waals surface area contributed by atoms with Crippen LogP contribution in [0.25, 0.3) is 10.8 Å². The molecule has 2 N–H and O–H groups in total. The summed E-state index contributed by atoms with van der Waals surface area (Å²) in [5, 5.41) is 19.7. The molecule has 1 aliphatic rings. The maximum Gasteiger partial charge on any atom is 0.336 e. The Morgan fingerprint density at radius 1 is 1.00 bits per heavy atom. The first-order valence-corrected chi connectivity index (χ1v) is 5.63. The number of hydrogen-bond donors (Lipinski definition) is 2. The summed E-state index contributed by atoms with van der Waals surface area (Å²) in [6.07, 6.45) is 1.34. The van der Waals surface area contributed by atoms with Crippen LogP contribution in [0.3, 0.4) is 0 Å². The van der Waals surface area contributed by atoms with E-state index >= 15 is 0 Å². The van der Waals surface area contributed by atoms with Crippen molar-refractivity contribution in [3.63, 3.8) is 0 Å². The van der Waals surface area contributed by atoms with Crippen molar-refractivity contribution >= 4 is 22.7 Å². The lowest BCUT2D eigenvalue weighted by atomic mass is 9.96. The van der Waals surface area contributed by atoms with E-state index in [1.165, 1.54) is 0 Å². The van der Waals surface area contributed by atoms with Gasteiger partial charge in [0.2, 0.25) is 0 Å². The molecule has 4 nitrogen and oxygen atoms in total. The number of aryl methyl sites for hydroxylation is 2. The molecule has 2 bridgehead atoms. The van der Waals surface area contributed by atoms with Gasteiger partial charge in [0.05, 0.1) is 11.1 Å². The lowest BCUT2D eigenvalue weighted by molar-refractivity contribution is 0.0687. The monoisotopic (exact) mass is 242 g/mol. The maximum atomic E-state index is 11.2. The first kappa shape index (κ1) is 10.8. The maximum absolute atomic E-state index is 11.2. The molecule has 2 aromatic rings. The van der Waals surface area contributed by atoms with Gasteiger partial charge in [0.15, 0.2) is 0 Å². The van der Waals surface area contributed by atoms with Gasteiger partial charge in [-0.15, -0.1) is 0 Å².